The van der Waals surface area contributed by atoms with Gasteiger partial charge in [-0.1, -0.05) is 86.1 Å². The van der Waals surface area contributed by atoms with E-state index in [0.29, 0.717) is 6.61 Å². The summed E-state index contributed by atoms with van der Waals surface area (Å²) in [5.74, 6) is 0.888. The molecule has 0 aliphatic carbocycles. The van der Waals surface area contributed by atoms with Gasteiger partial charge in [-0.25, -0.2) is 0 Å². The molecule has 1 aromatic heterocycles. The topological polar surface area (TPSA) is 35.0 Å². The van der Waals surface area contributed by atoms with Gasteiger partial charge < -0.3 is 4.74 Å². The number of aryl methyl sites for hydroxylation is 1. The summed E-state index contributed by atoms with van der Waals surface area (Å²) in [7, 11) is 0. The van der Waals surface area contributed by atoms with E-state index in [4.69, 9.17) is 4.74 Å². The molecule has 0 saturated carbocycles. The lowest BCUT2D eigenvalue weighted by atomic mass is 10.0. The first-order valence-corrected chi connectivity index (χ1v) is 10.9. The third-order valence-electron chi connectivity index (χ3n) is 4.61. The van der Waals surface area contributed by atoms with Crippen molar-refractivity contribution in [2.45, 2.75) is 46.0 Å². The maximum atomic E-state index is 5.66. The zero-order valence-corrected chi connectivity index (χ0v) is 17.5. The molecule has 0 atom stereocenters. The molecule has 4 heteroatoms. The highest BCUT2D eigenvalue weighted by Gasteiger charge is 2.07. The van der Waals surface area contributed by atoms with Gasteiger partial charge in [-0.3, -0.25) is 0 Å². The summed E-state index contributed by atoms with van der Waals surface area (Å²) in [6, 6.07) is 16.8. The highest BCUT2D eigenvalue weighted by molar-refractivity contribution is 7.14. The average molecular weight is 393 g/mol. The molecule has 3 aromatic rings. The van der Waals surface area contributed by atoms with Gasteiger partial charge in [0.25, 0.3) is 0 Å². The van der Waals surface area contributed by atoms with E-state index in [-0.39, 0.29) is 0 Å². The zero-order valence-electron chi connectivity index (χ0n) is 16.7. The average Bonchev–Trinajstić information content (AvgIpc) is 3.21. The van der Waals surface area contributed by atoms with Crippen molar-refractivity contribution in [2.24, 2.45) is 0 Å². The Morgan fingerprint density at radius 1 is 0.857 bits per heavy atom. The highest BCUT2D eigenvalue weighted by atomic mass is 32.1. The number of rotatable bonds is 10. The molecule has 146 valence electrons. The molecule has 3 rings (SSSR count). The second-order valence-corrected chi connectivity index (χ2v) is 7.86. The van der Waals surface area contributed by atoms with Crippen molar-refractivity contribution in [3.8, 4) is 27.4 Å². The van der Waals surface area contributed by atoms with Crippen LogP contribution >= 0.6 is 11.3 Å². The molecule has 2 aromatic carbocycles. The van der Waals surface area contributed by atoms with Gasteiger partial charge in [-0.2, -0.15) is 0 Å². The van der Waals surface area contributed by atoms with Gasteiger partial charge in [0, 0.05) is 12.0 Å². The first kappa shape index (κ1) is 20.3. The number of ether oxygens (including phenoxy) is 1. The molecule has 3 nitrogen and oxygen atoms in total. The smallest absolute Gasteiger partial charge is 0.147 e. The van der Waals surface area contributed by atoms with Crippen LogP contribution in [0.4, 0.5) is 0 Å². The minimum atomic E-state index is 0.604. The summed E-state index contributed by atoms with van der Waals surface area (Å²) in [5, 5.41) is 10.9. The Morgan fingerprint density at radius 2 is 1.54 bits per heavy atom. The molecule has 0 aliphatic rings. The second-order valence-electron chi connectivity index (χ2n) is 6.79. The van der Waals surface area contributed by atoms with Crippen LogP contribution in [0.15, 0.2) is 60.7 Å². The molecule has 0 N–H and O–H groups in total. The van der Waals surface area contributed by atoms with E-state index in [1.807, 2.05) is 31.2 Å². The predicted molar refractivity (Wildman–Crippen MR) is 119 cm³/mol. The van der Waals surface area contributed by atoms with Crippen LogP contribution in [-0.4, -0.2) is 16.8 Å². The van der Waals surface area contributed by atoms with Crippen LogP contribution in [0.3, 0.4) is 0 Å². The Hall–Kier alpha value is -2.46. The summed E-state index contributed by atoms with van der Waals surface area (Å²) in [4.78, 5) is 0. The number of benzene rings is 2. The van der Waals surface area contributed by atoms with Crippen LogP contribution in [0.5, 0.6) is 5.75 Å². The molecule has 28 heavy (non-hydrogen) atoms. The molecule has 0 bridgehead atoms. The van der Waals surface area contributed by atoms with Crippen LogP contribution < -0.4 is 4.74 Å². The van der Waals surface area contributed by atoms with E-state index in [1.54, 1.807) is 11.3 Å². The van der Waals surface area contributed by atoms with E-state index >= 15 is 0 Å². The summed E-state index contributed by atoms with van der Waals surface area (Å²) < 4.78 is 5.66. The minimum absolute atomic E-state index is 0.604. The van der Waals surface area contributed by atoms with Crippen LogP contribution in [0.2, 0.25) is 0 Å². The molecule has 0 amide bonds. The number of hydrogen-bond donors (Lipinski definition) is 0. The van der Waals surface area contributed by atoms with Gasteiger partial charge >= 0.3 is 0 Å². The second kappa shape index (κ2) is 10.8. The molecular weight excluding hydrogens is 364 g/mol. The largest absolute Gasteiger partial charge is 0.490 e. The van der Waals surface area contributed by atoms with E-state index in [2.05, 4.69) is 53.5 Å². The van der Waals surface area contributed by atoms with Crippen LogP contribution in [-0.2, 0) is 6.42 Å². The van der Waals surface area contributed by atoms with Crippen molar-refractivity contribution in [3.05, 3.63) is 65.7 Å². The zero-order chi connectivity index (χ0) is 19.6. The van der Waals surface area contributed by atoms with Gasteiger partial charge in [0.1, 0.15) is 22.4 Å². The first-order valence-electron chi connectivity index (χ1n) is 10.1. The van der Waals surface area contributed by atoms with Crippen molar-refractivity contribution in [1.82, 2.24) is 10.2 Å². The Kier molecular flexibility index (Phi) is 7.80. The molecule has 0 fully saturated rings. The number of aromatic nitrogens is 2. The summed E-state index contributed by atoms with van der Waals surface area (Å²) in [6.45, 7) is 4.83. The lowest BCUT2D eigenvalue weighted by Gasteiger charge is -2.06. The van der Waals surface area contributed by atoms with Crippen molar-refractivity contribution < 1.29 is 4.74 Å². The van der Waals surface area contributed by atoms with E-state index < -0.39 is 0 Å². The van der Waals surface area contributed by atoms with E-state index in [9.17, 15) is 0 Å². The molecule has 0 spiro atoms. The highest BCUT2D eigenvalue weighted by Crippen LogP contribution is 2.28. The Bertz CT molecular complexity index is 866. The summed E-state index contributed by atoms with van der Waals surface area (Å²) >= 11 is 1.71. The SMILES string of the molecule is C/C=C/COc1ccc(-c2ccc(-c3nnc(CCCCCC)s3)cc2)cc1. The van der Waals surface area contributed by atoms with Crippen LogP contribution in [0, 0.1) is 0 Å². The third-order valence-corrected chi connectivity index (χ3v) is 5.64. The molecule has 0 saturated heterocycles. The van der Waals surface area contributed by atoms with Gasteiger partial charge in [-0.15, -0.1) is 10.2 Å². The van der Waals surface area contributed by atoms with Crippen LogP contribution in [0.1, 0.15) is 44.5 Å². The van der Waals surface area contributed by atoms with Gasteiger partial charge in [0.05, 0.1) is 0 Å². The van der Waals surface area contributed by atoms with Gasteiger partial charge in [0.15, 0.2) is 0 Å². The van der Waals surface area contributed by atoms with E-state index in [1.165, 1.54) is 36.8 Å². The Labute approximate surface area is 172 Å². The van der Waals surface area contributed by atoms with Crippen molar-refractivity contribution in [1.29, 1.82) is 0 Å². The fraction of sp³-hybridized carbons (Fsp3) is 0.333. The summed E-state index contributed by atoms with van der Waals surface area (Å²) in [5.41, 5.74) is 3.50. The molecule has 1 heterocycles. The third kappa shape index (κ3) is 5.77. The number of nitrogens with zero attached hydrogens (tertiary/aromatic N) is 2. The van der Waals surface area contributed by atoms with Gasteiger partial charge in [0.2, 0.25) is 0 Å². The quantitative estimate of drug-likeness (QED) is 0.276. The first-order chi connectivity index (χ1) is 13.8. The predicted octanol–water partition coefficient (Wildman–Crippen LogP) is 6.95. The lowest BCUT2D eigenvalue weighted by Crippen LogP contribution is -1.92. The van der Waals surface area contributed by atoms with E-state index in [0.717, 1.165) is 27.7 Å². The van der Waals surface area contributed by atoms with Crippen molar-refractivity contribution >= 4 is 11.3 Å². The van der Waals surface area contributed by atoms with Crippen LogP contribution in [0.25, 0.3) is 21.7 Å². The number of allylic oxidation sites excluding steroid dienone is 1. The Morgan fingerprint density at radius 3 is 2.21 bits per heavy atom. The molecule has 0 unspecified atom stereocenters. The molecular formula is C24H28N2OS. The molecule has 0 aliphatic heterocycles. The molecule has 0 radical (unpaired) electrons. The van der Waals surface area contributed by atoms with Crippen molar-refractivity contribution in [3.63, 3.8) is 0 Å². The maximum Gasteiger partial charge on any atom is 0.147 e. The fourth-order valence-electron chi connectivity index (χ4n) is 2.96. The van der Waals surface area contributed by atoms with Gasteiger partial charge in [-0.05, 0) is 36.6 Å². The minimum Gasteiger partial charge on any atom is -0.490 e. The number of hydrogen-bond acceptors (Lipinski definition) is 4. The van der Waals surface area contributed by atoms with Crippen molar-refractivity contribution in [2.75, 3.05) is 6.61 Å². The Balaban J connectivity index is 1.61. The monoisotopic (exact) mass is 392 g/mol. The lowest BCUT2D eigenvalue weighted by molar-refractivity contribution is 0.363. The normalized spacial score (nSPS) is 11.2. The maximum absolute atomic E-state index is 5.66. The standard InChI is InChI=1S/C24H28N2OS/c1-3-5-7-8-9-23-25-26-24(28-23)21-12-10-19(11-13-21)20-14-16-22(17-15-20)27-18-6-4-2/h4,6,10-17H,3,5,7-9,18H2,1-2H3/b6-4+. The summed E-state index contributed by atoms with van der Waals surface area (Å²) in [6.07, 6.45) is 10.1. The fourth-order valence-corrected chi connectivity index (χ4v) is 3.85. The number of unbranched alkanes of at least 4 members (excludes halogenated alkanes) is 3.